The van der Waals surface area contributed by atoms with Gasteiger partial charge in [-0.3, -0.25) is 4.90 Å². The lowest BCUT2D eigenvalue weighted by atomic mass is 10.1. The lowest BCUT2D eigenvalue weighted by molar-refractivity contribution is -0.0779. The maximum Gasteiger partial charge on any atom is 0.0678 e. The highest BCUT2D eigenvalue weighted by molar-refractivity contribution is 5.47. The van der Waals surface area contributed by atoms with Crippen molar-refractivity contribution in [2.75, 3.05) is 31.1 Å². The number of hydrogen-bond acceptors (Lipinski definition) is 3. The first-order chi connectivity index (χ1) is 9.22. The second kappa shape index (κ2) is 5.51. The van der Waals surface area contributed by atoms with E-state index in [-0.39, 0.29) is 0 Å². The van der Waals surface area contributed by atoms with Crippen molar-refractivity contribution in [2.45, 2.75) is 38.5 Å². The highest BCUT2D eigenvalue weighted by Crippen LogP contribution is 2.24. The predicted octanol–water partition coefficient (Wildman–Crippen LogP) is 2.37. The van der Waals surface area contributed by atoms with Crippen LogP contribution in [0.25, 0.3) is 0 Å². The number of para-hydroxylation sites is 1. The Balaban J connectivity index is 1.62. The van der Waals surface area contributed by atoms with Crippen LogP contribution in [0.3, 0.4) is 0 Å². The first kappa shape index (κ1) is 12.9. The number of rotatable bonds is 2. The molecule has 0 aliphatic carbocycles. The summed E-state index contributed by atoms with van der Waals surface area (Å²) < 4.78 is 5.83. The molecule has 2 aliphatic rings. The van der Waals surface area contributed by atoms with Gasteiger partial charge in [0.1, 0.15) is 0 Å². The normalized spacial score (nSPS) is 32.7. The van der Waals surface area contributed by atoms with Crippen molar-refractivity contribution in [2.24, 2.45) is 0 Å². The van der Waals surface area contributed by atoms with Crippen LogP contribution in [0.4, 0.5) is 5.69 Å². The van der Waals surface area contributed by atoms with Gasteiger partial charge in [0.25, 0.3) is 0 Å². The second-order valence-corrected chi connectivity index (χ2v) is 5.94. The van der Waals surface area contributed by atoms with Gasteiger partial charge in [0.15, 0.2) is 0 Å². The minimum Gasteiger partial charge on any atom is -0.373 e. The van der Waals surface area contributed by atoms with Gasteiger partial charge in [-0.2, -0.15) is 0 Å². The van der Waals surface area contributed by atoms with Gasteiger partial charge in [0, 0.05) is 37.9 Å². The number of ether oxygens (including phenoxy) is 1. The van der Waals surface area contributed by atoms with Crippen LogP contribution in [0.5, 0.6) is 0 Å². The average molecular weight is 260 g/mol. The van der Waals surface area contributed by atoms with Gasteiger partial charge in [0.2, 0.25) is 0 Å². The fourth-order valence-electron chi connectivity index (χ4n) is 3.43. The van der Waals surface area contributed by atoms with E-state index in [1.54, 1.807) is 0 Å². The standard InChI is InChI=1S/C16H24N2O/c1-13-10-18(11-14(2)19-13)16-8-9-17(12-16)15-6-4-3-5-7-15/h3-7,13-14,16H,8-12H2,1-2H3/t13-,14+,16?. The molecule has 1 aromatic rings. The molecule has 19 heavy (non-hydrogen) atoms. The van der Waals surface area contributed by atoms with Gasteiger partial charge in [-0.05, 0) is 32.4 Å². The van der Waals surface area contributed by atoms with E-state index in [0.717, 1.165) is 19.6 Å². The Kier molecular flexibility index (Phi) is 3.76. The minimum absolute atomic E-state index is 0.370. The molecule has 2 heterocycles. The zero-order valence-corrected chi connectivity index (χ0v) is 12.0. The molecule has 104 valence electrons. The van der Waals surface area contributed by atoms with E-state index >= 15 is 0 Å². The number of morpholine rings is 1. The number of hydrogen-bond donors (Lipinski definition) is 0. The third-order valence-electron chi connectivity index (χ3n) is 4.25. The maximum absolute atomic E-state index is 5.83. The van der Waals surface area contributed by atoms with Gasteiger partial charge in [0.05, 0.1) is 12.2 Å². The van der Waals surface area contributed by atoms with E-state index in [0.29, 0.717) is 18.2 Å². The maximum atomic E-state index is 5.83. The third-order valence-corrected chi connectivity index (χ3v) is 4.25. The van der Waals surface area contributed by atoms with Gasteiger partial charge in [-0.1, -0.05) is 18.2 Å². The molecule has 2 fully saturated rings. The third kappa shape index (κ3) is 2.93. The molecule has 0 saturated carbocycles. The lowest BCUT2D eigenvalue weighted by Gasteiger charge is -2.38. The summed E-state index contributed by atoms with van der Waals surface area (Å²) in [7, 11) is 0. The van der Waals surface area contributed by atoms with E-state index in [9.17, 15) is 0 Å². The second-order valence-electron chi connectivity index (χ2n) is 5.94. The van der Waals surface area contributed by atoms with Crippen LogP contribution >= 0.6 is 0 Å². The molecular formula is C16H24N2O. The van der Waals surface area contributed by atoms with Crippen molar-refractivity contribution in [1.29, 1.82) is 0 Å². The number of nitrogens with zero attached hydrogens (tertiary/aromatic N) is 2. The van der Waals surface area contributed by atoms with Crippen molar-refractivity contribution >= 4 is 5.69 Å². The van der Waals surface area contributed by atoms with Crippen molar-refractivity contribution in [1.82, 2.24) is 4.90 Å². The molecule has 3 rings (SSSR count). The Hall–Kier alpha value is -1.06. The Morgan fingerprint density at radius 2 is 1.68 bits per heavy atom. The van der Waals surface area contributed by atoms with Crippen molar-refractivity contribution < 1.29 is 4.74 Å². The van der Waals surface area contributed by atoms with Crippen LogP contribution < -0.4 is 4.90 Å². The summed E-state index contributed by atoms with van der Waals surface area (Å²) in [5.41, 5.74) is 1.36. The van der Waals surface area contributed by atoms with Gasteiger partial charge >= 0.3 is 0 Å². The highest BCUT2D eigenvalue weighted by atomic mass is 16.5. The molecule has 0 amide bonds. The molecule has 1 aromatic carbocycles. The first-order valence-corrected chi connectivity index (χ1v) is 7.42. The molecule has 3 heteroatoms. The molecule has 1 unspecified atom stereocenters. The summed E-state index contributed by atoms with van der Waals surface area (Å²) in [5.74, 6) is 0. The van der Waals surface area contributed by atoms with Crippen LogP contribution in [0, 0.1) is 0 Å². The molecule has 2 saturated heterocycles. The topological polar surface area (TPSA) is 15.7 Å². The van der Waals surface area contributed by atoms with E-state index in [4.69, 9.17) is 4.74 Å². The number of benzene rings is 1. The largest absolute Gasteiger partial charge is 0.373 e. The molecular weight excluding hydrogens is 236 g/mol. The zero-order valence-electron chi connectivity index (χ0n) is 12.0. The monoisotopic (exact) mass is 260 g/mol. The molecule has 0 bridgehead atoms. The average Bonchev–Trinajstić information content (AvgIpc) is 2.88. The quantitative estimate of drug-likeness (QED) is 0.812. The fourth-order valence-corrected chi connectivity index (χ4v) is 3.43. The van der Waals surface area contributed by atoms with Crippen LogP contribution in [-0.2, 0) is 4.74 Å². The van der Waals surface area contributed by atoms with E-state index in [2.05, 4.69) is 54.0 Å². The molecule has 2 aliphatic heterocycles. The first-order valence-electron chi connectivity index (χ1n) is 7.42. The Morgan fingerprint density at radius 3 is 2.37 bits per heavy atom. The Bertz CT molecular complexity index is 398. The summed E-state index contributed by atoms with van der Waals surface area (Å²) in [4.78, 5) is 5.14. The van der Waals surface area contributed by atoms with E-state index in [1.165, 1.54) is 18.7 Å². The lowest BCUT2D eigenvalue weighted by Crippen LogP contribution is -2.50. The smallest absolute Gasteiger partial charge is 0.0678 e. The molecule has 3 atom stereocenters. The number of anilines is 1. The van der Waals surface area contributed by atoms with Crippen molar-refractivity contribution in [3.8, 4) is 0 Å². The summed E-state index contributed by atoms with van der Waals surface area (Å²) in [6, 6.07) is 11.5. The van der Waals surface area contributed by atoms with Crippen LogP contribution in [0.15, 0.2) is 30.3 Å². The molecule has 0 spiro atoms. The molecule has 0 N–H and O–H groups in total. The predicted molar refractivity (Wildman–Crippen MR) is 78.6 cm³/mol. The van der Waals surface area contributed by atoms with Crippen molar-refractivity contribution in [3.05, 3.63) is 30.3 Å². The van der Waals surface area contributed by atoms with Crippen LogP contribution in [-0.4, -0.2) is 49.3 Å². The van der Waals surface area contributed by atoms with Crippen LogP contribution in [0.2, 0.25) is 0 Å². The van der Waals surface area contributed by atoms with Gasteiger partial charge in [-0.15, -0.1) is 0 Å². The van der Waals surface area contributed by atoms with Gasteiger partial charge in [-0.25, -0.2) is 0 Å². The summed E-state index contributed by atoms with van der Waals surface area (Å²) in [6.45, 7) is 8.87. The molecule has 3 nitrogen and oxygen atoms in total. The van der Waals surface area contributed by atoms with E-state index in [1.807, 2.05) is 0 Å². The molecule has 0 radical (unpaired) electrons. The van der Waals surface area contributed by atoms with E-state index < -0.39 is 0 Å². The minimum atomic E-state index is 0.370. The SMILES string of the molecule is C[C@@H]1CN(C2CCN(c3ccccc3)C2)C[C@H](C)O1. The molecule has 0 aromatic heterocycles. The van der Waals surface area contributed by atoms with Crippen molar-refractivity contribution in [3.63, 3.8) is 0 Å². The summed E-state index contributed by atoms with van der Waals surface area (Å²) in [6.07, 6.45) is 2.01. The summed E-state index contributed by atoms with van der Waals surface area (Å²) >= 11 is 0. The summed E-state index contributed by atoms with van der Waals surface area (Å²) in [5, 5.41) is 0. The fraction of sp³-hybridized carbons (Fsp3) is 0.625. The highest BCUT2D eigenvalue weighted by Gasteiger charge is 2.32. The van der Waals surface area contributed by atoms with Crippen LogP contribution in [0.1, 0.15) is 20.3 Å². The Labute approximate surface area is 116 Å². The van der Waals surface area contributed by atoms with Gasteiger partial charge < -0.3 is 9.64 Å². The Morgan fingerprint density at radius 1 is 1.00 bits per heavy atom. The zero-order chi connectivity index (χ0) is 13.2.